The number of carboxylic acids is 1. The maximum atomic E-state index is 12.5. The predicted molar refractivity (Wildman–Crippen MR) is 153 cm³/mol. The van der Waals surface area contributed by atoms with Crippen LogP contribution in [0.2, 0.25) is 0 Å². The van der Waals surface area contributed by atoms with Crippen molar-refractivity contribution in [2.75, 3.05) is 6.61 Å². The largest absolute Gasteiger partial charge is 0.478 e. The minimum absolute atomic E-state index is 0.0140. The minimum Gasteiger partial charge on any atom is -0.478 e. The van der Waals surface area contributed by atoms with Crippen molar-refractivity contribution in [1.29, 1.82) is 0 Å². The lowest BCUT2D eigenvalue weighted by Gasteiger charge is -2.14. The molecule has 0 heterocycles. The Morgan fingerprint density at radius 2 is 1.41 bits per heavy atom. The average Bonchev–Trinajstić information content (AvgIpc) is 2.96. The highest BCUT2D eigenvalue weighted by Gasteiger charge is 2.19. The molecule has 206 valence electrons. The number of benzene rings is 3. The SMILES string of the molecule is CCCCCCO[C@H](C)C(=O)Oc1ccc(C(=O)O)c(-c2ccc(-c3ccc(C(=O)[C@@H](C)CC)cc3)cc2)c1. The molecule has 0 aromatic heterocycles. The van der Waals surface area contributed by atoms with Crippen molar-refractivity contribution < 1.29 is 29.0 Å². The van der Waals surface area contributed by atoms with Crippen LogP contribution in [-0.4, -0.2) is 35.5 Å². The van der Waals surface area contributed by atoms with Gasteiger partial charge in [-0.3, -0.25) is 4.79 Å². The molecule has 0 radical (unpaired) electrons. The number of Topliss-reactive ketones (excluding diaryl/α,β-unsaturated/α-hetero) is 1. The highest BCUT2D eigenvalue weighted by molar-refractivity contribution is 5.98. The fourth-order valence-electron chi connectivity index (χ4n) is 4.21. The predicted octanol–water partition coefficient (Wildman–Crippen LogP) is 7.84. The summed E-state index contributed by atoms with van der Waals surface area (Å²) < 4.78 is 11.1. The summed E-state index contributed by atoms with van der Waals surface area (Å²) in [6.45, 7) is 8.21. The first-order chi connectivity index (χ1) is 18.7. The van der Waals surface area contributed by atoms with E-state index in [2.05, 4.69) is 6.92 Å². The van der Waals surface area contributed by atoms with Gasteiger partial charge in [-0.2, -0.15) is 0 Å². The van der Waals surface area contributed by atoms with Gasteiger partial charge in [-0.1, -0.05) is 88.6 Å². The lowest BCUT2D eigenvalue weighted by molar-refractivity contribution is -0.146. The molecule has 2 atom stereocenters. The van der Waals surface area contributed by atoms with Gasteiger partial charge < -0.3 is 14.6 Å². The zero-order valence-electron chi connectivity index (χ0n) is 23.2. The summed E-state index contributed by atoms with van der Waals surface area (Å²) >= 11 is 0. The van der Waals surface area contributed by atoms with Gasteiger partial charge in [-0.25, -0.2) is 9.59 Å². The molecule has 0 aliphatic carbocycles. The first-order valence-corrected chi connectivity index (χ1v) is 13.7. The third-order valence-electron chi connectivity index (χ3n) is 6.90. The summed E-state index contributed by atoms with van der Waals surface area (Å²) in [5.41, 5.74) is 3.81. The molecular formula is C33H38O6. The molecule has 0 spiro atoms. The lowest BCUT2D eigenvalue weighted by Crippen LogP contribution is -2.26. The average molecular weight is 531 g/mol. The molecule has 0 bridgehead atoms. The molecule has 6 heteroatoms. The molecule has 0 amide bonds. The van der Waals surface area contributed by atoms with Gasteiger partial charge in [0.2, 0.25) is 0 Å². The maximum Gasteiger partial charge on any atom is 0.340 e. The number of hydrogen-bond acceptors (Lipinski definition) is 5. The Bertz CT molecular complexity index is 1260. The standard InChI is InChI=1S/C33H38O6/c1-5-7-8-9-20-38-23(4)33(37)39-28-18-19-29(32(35)36)30(21-28)26-14-10-24(11-15-26)25-12-16-27(17-13-25)31(34)22(3)6-2/h10-19,21-23H,5-9,20H2,1-4H3,(H,35,36)/t22-,23+/m0/s1. The van der Waals surface area contributed by atoms with Crippen LogP contribution in [-0.2, 0) is 9.53 Å². The van der Waals surface area contributed by atoms with Crippen LogP contribution < -0.4 is 4.74 Å². The van der Waals surface area contributed by atoms with Crippen LogP contribution >= 0.6 is 0 Å². The Balaban J connectivity index is 1.75. The van der Waals surface area contributed by atoms with Crippen LogP contribution in [0.5, 0.6) is 5.75 Å². The number of rotatable bonds is 14. The third kappa shape index (κ3) is 8.11. The van der Waals surface area contributed by atoms with Gasteiger partial charge in [0.05, 0.1) is 5.56 Å². The summed E-state index contributed by atoms with van der Waals surface area (Å²) in [6, 6.07) is 19.5. The molecule has 3 aromatic rings. The fourth-order valence-corrected chi connectivity index (χ4v) is 4.21. The van der Waals surface area contributed by atoms with Gasteiger partial charge in [0.1, 0.15) is 5.75 Å². The van der Waals surface area contributed by atoms with Crippen molar-refractivity contribution in [2.45, 2.75) is 65.9 Å². The molecule has 3 rings (SSSR count). The van der Waals surface area contributed by atoms with Crippen molar-refractivity contribution in [3.63, 3.8) is 0 Å². The van der Waals surface area contributed by atoms with Crippen LogP contribution in [0.3, 0.4) is 0 Å². The summed E-state index contributed by atoms with van der Waals surface area (Å²) in [7, 11) is 0. The number of esters is 1. The molecule has 0 fully saturated rings. The first kappa shape index (κ1) is 29.8. The van der Waals surface area contributed by atoms with Crippen molar-refractivity contribution >= 4 is 17.7 Å². The van der Waals surface area contributed by atoms with Crippen molar-refractivity contribution in [3.8, 4) is 28.0 Å². The number of carboxylic acid groups (broad SMARTS) is 1. The van der Waals surface area contributed by atoms with E-state index in [0.29, 0.717) is 23.3 Å². The number of unbranched alkanes of at least 4 members (excludes halogenated alkanes) is 3. The van der Waals surface area contributed by atoms with Crippen LogP contribution in [0.1, 0.15) is 80.5 Å². The van der Waals surface area contributed by atoms with E-state index in [9.17, 15) is 19.5 Å². The van der Waals surface area contributed by atoms with Gasteiger partial charge in [0.25, 0.3) is 0 Å². The number of hydrogen-bond donors (Lipinski definition) is 1. The molecule has 1 N–H and O–H groups in total. The summed E-state index contributed by atoms with van der Waals surface area (Å²) in [6.07, 6.45) is 4.28. The van der Waals surface area contributed by atoms with Crippen LogP contribution in [0, 0.1) is 5.92 Å². The number of carbonyl (C=O) groups excluding carboxylic acids is 2. The minimum atomic E-state index is -1.07. The van der Waals surface area contributed by atoms with Crippen molar-refractivity contribution in [3.05, 3.63) is 77.9 Å². The topological polar surface area (TPSA) is 89.9 Å². The molecule has 6 nitrogen and oxygen atoms in total. The van der Waals surface area contributed by atoms with E-state index in [1.807, 2.05) is 62.4 Å². The molecule has 39 heavy (non-hydrogen) atoms. The molecule has 3 aromatic carbocycles. The van der Waals surface area contributed by atoms with Crippen LogP contribution in [0.25, 0.3) is 22.3 Å². The molecule has 0 aliphatic rings. The van der Waals surface area contributed by atoms with Gasteiger partial charge in [-0.15, -0.1) is 0 Å². The zero-order valence-corrected chi connectivity index (χ0v) is 23.2. The molecule has 0 saturated heterocycles. The van der Waals surface area contributed by atoms with E-state index >= 15 is 0 Å². The van der Waals surface area contributed by atoms with Crippen LogP contribution in [0.4, 0.5) is 0 Å². The molecule has 0 saturated carbocycles. The lowest BCUT2D eigenvalue weighted by atomic mass is 9.94. The maximum absolute atomic E-state index is 12.5. The smallest absolute Gasteiger partial charge is 0.340 e. The number of carbonyl (C=O) groups is 3. The Labute approximate surface area is 231 Å². The molecule has 0 aliphatic heterocycles. The second kappa shape index (κ2) is 14.4. The van der Waals surface area contributed by atoms with Gasteiger partial charge >= 0.3 is 11.9 Å². The van der Waals surface area contributed by atoms with Gasteiger partial charge in [0.15, 0.2) is 11.9 Å². The van der Waals surface area contributed by atoms with E-state index in [0.717, 1.165) is 43.2 Å². The zero-order chi connectivity index (χ0) is 28.4. The number of ether oxygens (including phenoxy) is 2. The van der Waals surface area contributed by atoms with E-state index in [1.165, 1.54) is 12.1 Å². The highest BCUT2D eigenvalue weighted by Crippen LogP contribution is 2.31. The van der Waals surface area contributed by atoms with E-state index in [-0.39, 0.29) is 23.0 Å². The summed E-state index contributed by atoms with van der Waals surface area (Å²) in [5, 5.41) is 9.75. The summed E-state index contributed by atoms with van der Waals surface area (Å²) in [5.74, 6) is -1.22. The second-order valence-corrected chi connectivity index (χ2v) is 9.84. The highest BCUT2D eigenvalue weighted by atomic mass is 16.6. The quantitative estimate of drug-likeness (QED) is 0.0988. The second-order valence-electron chi connectivity index (χ2n) is 9.84. The Hall–Kier alpha value is -3.77. The van der Waals surface area contributed by atoms with Gasteiger partial charge in [-0.05, 0) is 60.2 Å². The first-order valence-electron chi connectivity index (χ1n) is 13.7. The fraction of sp³-hybridized carbons (Fsp3) is 0.364. The third-order valence-corrected chi connectivity index (χ3v) is 6.90. The Morgan fingerprint density at radius 1 is 0.795 bits per heavy atom. The summed E-state index contributed by atoms with van der Waals surface area (Å²) in [4.78, 5) is 36.9. The number of aromatic carboxylic acids is 1. The van der Waals surface area contributed by atoms with E-state index in [1.54, 1.807) is 13.0 Å². The normalized spacial score (nSPS) is 12.5. The molecular weight excluding hydrogens is 492 g/mol. The van der Waals surface area contributed by atoms with Gasteiger partial charge in [0, 0.05) is 18.1 Å². The van der Waals surface area contributed by atoms with Crippen molar-refractivity contribution in [2.24, 2.45) is 5.92 Å². The Kier molecular flexibility index (Phi) is 11.0. The van der Waals surface area contributed by atoms with Crippen molar-refractivity contribution in [1.82, 2.24) is 0 Å². The number of ketones is 1. The van der Waals surface area contributed by atoms with E-state index in [4.69, 9.17) is 9.47 Å². The van der Waals surface area contributed by atoms with E-state index < -0.39 is 18.0 Å². The van der Waals surface area contributed by atoms with Crippen LogP contribution in [0.15, 0.2) is 66.7 Å². The Morgan fingerprint density at radius 3 is 2.00 bits per heavy atom. The molecule has 0 unspecified atom stereocenters. The monoisotopic (exact) mass is 530 g/mol.